The van der Waals surface area contributed by atoms with E-state index in [1.165, 1.54) is 0 Å². The molecule has 0 aliphatic carbocycles. The number of benzene rings is 1. The number of aromatic nitrogens is 1. The number of nitrogens with zero attached hydrogens (tertiary/aromatic N) is 1. The van der Waals surface area contributed by atoms with Gasteiger partial charge in [0.2, 0.25) is 0 Å². The Hall–Kier alpha value is -2.56. The Labute approximate surface area is 104 Å². The number of rotatable bonds is 3. The average Bonchev–Trinajstić information content (AvgIpc) is 2.76. The van der Waals surface area contributed by atoms with Gasteiger partial charge in [0.05, 0.1) is 11.3 Å². The van der Waals surface area contributed by atoms with Crippen LogP contribution in [-0.2, 0) is 7.05 Å². The van der Waals surface area contributed by atoms with Crippen LogP contribution in [0.25, 0.3) is 0 Å². The first-order valence-electron chi connectivity index (χ1n) is 5.41. The highest BCUT2D eigenvalue weighted by Crippen LogP contribution is 2.15. The van der Waals surface area contributed by atoms with Crippen molar-refractivity contribution in [3.63, 3.8) is 0 Å². The number of carbonyl (C=O) groups is 2. The molecule has 0 unspecified atom stereocenters. The zero-order chi connectivity index (χ0) is 13.1. The van der Waals surface area contributed by atoms with E-state index in [1.54, 1.807) is 54.2 Å². The van der Waals surface area contributed by atoms with Gasteiger partial charge in [0.25, 0.3) is 11.8 Å². The molecule has 5 nitrogen and oxygen atoms in total. The zero-order valence-corrected chi connectivity index (χ0v) is 9.88. The van der Waals surface area contributed by atoms with Crippen LogP contribution in [0.5, 0.6) is 0 Å². The van der Waals surface area contributed by atoms with E-state index < -0.39 is 5.91 Å². The van der Waals surface area contributed by atoms with Crippen molar-refractivity contribution in [3.05, 3.63) is 53.9 Å². The Bertz CT molecular complexity index is 602. The third kappa shape index (κ3) is 2.24. The van der Waals surface area contributed by atoms with E-state index >= 15 is 0 Å². The maximum atomic E-state index is 12.0. The number of hydrogen-bond donors (Lipinski definition) is 2. The van der Waals surface area contributed by atoms with Crippen molar-refractivity contribution >= 4 is 17.5 Å². The number of nitrogens with one attached hydrogen (secondary N) is 1. The van der Waals surface area contributed by atoms with Crippen molar-refractivity contribution in [1.82, 2.24) is 4.57 Å². The van der Waals surface area contributed by atoms with Crippen LogP contribution in [0.4, 0.5) is 5.69 Å². The number of nitrogens with two attached hydrogens (primary N) is 1. The lowest BCUT2D eigenvalue weighted by Gasteiger charge is -2.09. The Morgan fingerprint density at radius 1 is 1.17 bits per heavy atom. The second kappa shape index (κ2) is 4.75. The van der Waals surface area contributed by atoms with Gasteiger partial charge >= 0.3 is 0 Å². The van der Waals surface area contributed by atoms with Crippen LogP contribution in [0.15, 0.2) is 42.6 Å². The van der Waals surface area contributed by atoms with E-state index in [0.717, 1.165) is 0 Å². The largest absolute Gasteiger partial charge is 0.366 e. The van der Waals surface area contributed by atoms with E-state index in [9.17, 15) is 9.59 Å². The summed E-state index contributed by atoms with van der Waals surface area (Å²) >= 11 is 0. The first-order valence-corrected chi connectivity index (χ1v) is 5.41. The minimum atomic E-state index is -0.571. The minimum Gasteiger partial charge on any atom is -0.366 e. The predicted molar refractivity (Wildman–Crippen MR) is 68.3 cm³/mol. The Morgan fingerprint density at radius 3 is 2.50 bits per heavy atom. The molecule has 3 N–H and O–H groups in total. The summed E-state index contributed by atoms with van der Waals surface area (Å²) in [7, 11) is 1.77. The molecular formula is C13H13N3O2. The fourth-order valence-corrected chi connectivity index (χ4v) is 1.69. The molecular weight excluding hydrogens is 230 g/mol. The van der Waals surface area contributed by atoms with Crippen LogP contribution in [0.1, 0.15) is 20.8 Å². The summed E-state index contributed by atoms with van der Waals surface area (Å²) < 4.78 is 1.70. The molecule has 0 aliphatic rings. The lowest BCUT2D eigenvalue weighted by atomic mass is 10.1. The fraction of sp³-hybridized carbons (Fsp3) is 0.0769. The lowest BCUT2D eigenvalue weighted by molar-refractivity contribution is 0.100. The Balaban J connectivity index is 2.28. The molecule has 0 saturated heterocycles. The minimum absolute atomic E-state index is 0.281. The summed E-state index contributed by atoms with van der Waals surface area (Å²) in [5.41, 5.74) is 6.46. The van der Waals surface area contributed by atoms with Crippen molar-refractivity contribution in [3.8, 4) is 0 Å². The molecule has 0 fully saturated rings. The topological polar surface area (TPSA) is 77.1 Å². The van der Waals surface area contributed by atoms with Gasteiger partial charge in [-0.05, 0) is 24.3 Å². The van der Waals surface area contributed by atoms with Crippen molar-refractivity contribution in [2.24, 2.45) is 12.8 Å². The fourth-order valence-electron chi connectivity index (χ4n) is 1.69. The van der Waals surface area contributed by atoms with E-state index in [-0.39, 0.29) is 5.91 Å². The molecule has 1 aromatic carbocycles. The monoisotopic (exact) mass is 243 g/mol. The number of para-hydroxylation sites is 1. The van der Waals surface area contributed by atoms with E-state index in [1.807, 2.05) is 0 Å². The van der Waals surface area contributed by atoms with Crippen LogP contribution in [0.2, 0.25) is 0 Å². The van der Waals surface area contributed by atoms with Gasteiger partial charge in [0, 0.05) is 13.2 Å². The SMILES string of the molecule is Cn1cccc1C(=O)Nc1ccccc1C(N)=O. The lowest BCUT2D eigenvalue weighted by Crippen LogP contribution is -2.19. The summed E-state index contributed by atoms with van der Waals surface area (Å²) in [5, 5.41) is 2.67. The van der Waals surface area contributed by atoms with Gasteiger partial charge in [-0.2, -0.15) is 0 Å². The van der Waals surface area contributed by atoms with Crippen LogP contribution in [0.3, 0.4) is 0 Å². The maximum Gasteiger partial charge on any atom is 0.272 e. The van der Waals surface area contributed by atoms with Crippen molar-refractivity contribution in [2.75, 3.05) is 5.32 Å². The van der Waals surface area contributed by atoms with Crippen LogP contribution in [0, 0.1) is 0 Å². The third-order valence-corrected chi connectivity index (χ3v) is 2.62. The molecule has 2 aromatic rings. The molecule has 0 spiro atoms. The first kappa shape index (κ1) is 11.9. The van der Waals surface area contributed by atoms with Gasteiger partial charge in [0.15, 0.2) is 0 Å². The molecule has 1 aromatic heterocycles. The summed E-state index contributed by atoms with van der Waals surface area (Å²) in [6.07, 6.45) is 1.77. The van der Waals surface area contributed by atoms with Gasteiger partial charge in [0.1, 0.15) is 5.69 Å². The van der Waals surface area contributed by atoms with Crippen molar-refractivity contribution < 1.29 is 9.59 Å². The number of amides is 2. The van der Waals surface area contributed by atoms with Crippen LogP contribution in [-0.4, -0.2) is 16.4 Å². The van der Waals surface area contributed by atoms with Crippen LogP contribution < -0.4 is 11.1 Å². The quantitative estimate of drug-likeness (QED) is 0.854. The summed E-state index contributed by atoms with van der Waals surface area (Å²) in [4.78, 5) is 23.2. The highest BCUT2D eigenvalue weighted by Gasteiger charge is 2.13. The normalized spacial score (nSPS) is 10.1. The van der Waals surface area contributed by atoms with Gasteiger partial charge < -0.3 is 15.6 Å². The second-order valence-electron chi connectivity index (χ2n) is 3.87. The number of aryl methyl sites for hydroxylation is 1. The maximum absolute atomic E-state index is 12.0. The Morgan fingerprint density at radius 2 is 1.89 bits per heavy atom. The molecule has 92 valence electrons. The average molecular weight is 243 g/mol. The zero-order valence-electron chi connectivity index (χ0n) is 9.88. The van der Waals surface area contributed by atoms with Gasteiger partial charge in [-0.25, -0.2) is 0 Å². The molecule has 2 rings (SSSR count). The number of hydrogen-bond acceptors (Lipinski definition) is 2. The molecule has 0 radical (unpaired) electrons. The van der Waals surface area contributed by atoms with Gasteiger partial charge in [-0.1, -0.05) is 12.1 Å². The van der Waals surface area contributed by atoms with Crippen molar-refractivity contribution in [1.29, 1.82) is 0 Å². The smallest absolute Gasteiger partial charge is 0.272 e. The molecule has 18 heavy (non-hydrogen) atoms. The number of anilines is 1. The number of primary amides is 1. The summed E-state index contributed by atoms with van der Waals surface area (Å²) in [6, 6.07) is 10.1. The molecule has 1 heterocycles. The van der Waals surface area contributed by atoms with Gasteiger partial charge in [-0.3, -0.25) is 9.59 Å². The molecule has 5 heteroatoms. The van der Waals surface area contributed by atoms with Crippen LogP contribution >= 0.6 is 0 Å². The Kier molecular flexibility index (Phi) is 3.14. The van der Waals surface area contributed by atoms with Crippen molar-refractivity contribution in [2.45, 2.75) is 0 Å². The van der Waals surface area contributed by atoms with E-state index in [4.69, 9.17) is 5.73 Å². The predicted octanol–water partition coefficient (Wildman–Crippen LogP) is 1.38. The third-order valence-electron chi connectivity index (χ3n) is 2.62. The highest BCUT2D eigenvalue weighted by atomic mass is 16.2. The molecule has 0 bridgehead atoms. The molecule has 0 saturated carbocycles. The van der Waals surface area contributed by atoms with E-state index in [0.29, 0.717) is 16.9 Å². The summed E-state index contributed by atoms with van der Waals surface area (Å²) in [5.74, 6) is -0.853. The molecule has 0 atom stereocenters. The number of carbonyl (C=O) groups excluding carboxylic acids is 2. The van der Waals surface area contributed by atoms with E-state index in [2.05, 4.69) is 5.32 Å². The standard InChI is InChI=1S/C13H13N3O2/c1-16-8-4-7-11(16)13(18)15-10-6-3-2-5-9(10)12(14)17/h2-8H,1H3,(H2,14,17)(H,15,18). The molecule has 0 aliphatic heterocycles. The second-order valence-corrected chi connectivity index (χ2v) is 3.87. The highest BCUT2D eigenvalue weighted by molar-refractivity contribution is 6.08. The first-order chi connectivity index (χ1) is 8.59. The summed E-state index contributed by atoms with van der Waals surface area (Å²) in [6.45, 7) is 0. The molecule has 2 amide bonds. The van der Waals surface area contributed by atoms with Gasteiger partial charge in [-0.15, -0.1) is 0 Å².